The number of H-pyrrole nitrogens is 1. The van der Waals surface area contributed by atoms with Gasteiger partial charge in [0.05, 0.1) is 6.26 Å². The lowest BCUT2D eigenvalue weighted by atomic mass is 9.84. The third-order valence-corrected chi connectivity index (χ3v) is 5.55. The standard InChI is InChI=1S/C15H19N3OS/c1-9(12-8-10-4-5-11(12)7-10)18-14(16-17-15(18)20)13-3-2-6-19-13/h2-3,6,9-12H,4-5,7-8H2,1H3,(H,17,20)/t9-,10+,11+,12-/m1/s1. The molecule has 2 heterocycles. The molecule has 0 saturated heterocycles. The Bertz CT molecular complexity index is 657. The van der Waals surface area contributed by atoms with Crippen molar-refractivity contribution >= 4 is 12.2 Å². The van der Waals surface area contributed by atoms with Crippen molar-refractivity contribution in [1.29, 1.82) is 0 Å². The summed E-state index contributed by atoms with van der Waals surface area (Å²) in [7, 11) is 0. The van der Waals surface area contributed by atoms with E-state index in [2.05, 4.69) is 21.7 Å². The molecule has 2 aromatic heterocycles. The molecule has 1 N–H and O–H groups in total. The van der Waals surface area contributed by atoms with Crippen LogP contribution in [0.4, 0.5) is 0 Å². The number of rotatable bonds is 3. The Morgan fingerprint density at radius 3 is 3.00 bits per heavy atom. The zero-order valence-corrected chi connectivity index (χ0v) is 12.4. The largest absolute Gasteiger partial charge is 0.461 e. The highest BCUT2D eigenvalue weighted by Crippen LogP contribution is 2.52. The maximum Gasteiger partial charge on any atom is 0.198 e. The van der Waals surface area contributed by atoms with E-state index in [0.29, 0.717) is 10.8 Å². The minimum atomic E-state index is 0.386. The van der Waals surface area contributed by atoms with Crippen LogP contribution in [0.5, 0.6) is 0 Å². The average Bonchev–Trinajstić information content (AvgIpc) is 3.21. The van der Waals surface area contributed by atoms with Crippen molar-refractivity contribution in [2.45, 2.75) is 38.6 Å². The number of hydrogen-bond acceptors (Lipinski definition) is 3. The summed E-state index contributed by atoms with van der Waals surface area (Å²) in [4.78, 5) is 0. The average molecular weight is 289 g/mol. The first-order chi connectivity index (χ1) is 9.74. The molecule has 20 heavy (non-hydrogen) atoms. The highest BCUT2D eigenvalue weighted by Gasteiger charge is 2.42. The van der Waals surface area contributed by atoms with Crippen LogP contribution < -0.4 is 0 Å². The first kappa shape index (κ1) is 12.4. The maximum absolute atomic E-state index is 5.50. The van der Waals surface area contributed by atoms with Gasteiger partial charge in [0.25, 0.3) is 0 Å². The van der Waals surface area contributed by atoms with E-state index in [1.165, 1.54) is 25.7 Å². The molecule has 5 heteroatoms. The molecule has 0 aromatic carbocycles. The van der Waals surface area contributed by atoms with Crippen molar-refractivity contribution in [3.63, 3.8) is 0 Å². The Morgan fingerprint density at radius 2 is 2.35 bits per heavy atom. The van der Waals surface area contributed by atoms with E-state index in [-0.39, 0.29) is 0 Å². The van der Waals surface area contributed by atoms with E-state index in [1.54, 1.807) is 6.26 Å². The lowest BCUT2D eigenvalue weighted by Gasteiger charge is -2.29. The predicted molar refractivity (Wildman–Crippen MR) is 78.8 cm³/mol. The van der Waals surface area contributed by atoms with Crippen LogP contribution in [-0.4, -0.2) is 14.8 Å². The Morgan fingerprint density at radius 1 is 1.45 bits per heavy atom. The van der Waals surface area contributed by atoms with E-state index >= 15 is 0 Å². The molecular weight excluding hydrogens is 270 g/mol. The first-order valence-corrected chi connectivity index (χ1v) is 7.85. The van der Waals surface area contributed by atoms with Gasteiger partial charge in [-0.05, 0) is 68.3 Å². The fraction of sp³-hybridized carbons (Fsp3) is 0.600. The van der Waals surface area contributed by atoms with Gasteiger partial charge in [-0.1, -0.05) is 6.42 Å². The van der Waals surface area contributed by atoms with Crippen LogP contribution >= 0.6 is 12.2 Å². The molecule has 2 fully saturated rings. The van der Waals surface area contributed by atoms with E-state index in [9.17, 15) is 0 Å². The van der Waals surface area contributed by atoms with Crippen molar-refractivity contribution in [1.82, 2.24) is 14.8 Å². The van der Waals surface area contributed by atoms with Crippen molar-refractivity contribution in [2.24, 2.45) is 17.8 Å². The monoisotopic (exact) mass is 289 g/mol. The molecular formula is C15H19N3OS. The normalized spacial score (nSPS) is 29.9. The van der Waals surface area contributed by atoms with Crippen molar-refractivity contribution in [2.75, 3.05) is 0 Å². The Balaban J connectivity index is 1.71. The first-order valence-electron chi connectivity index (χ1n) is 7.45. The molecule has 2 aliphatic rings. The molecule has 0 amide bonds. The molecule has 0 spiro atoms. The van der Waals surface area contributed by atoms with Gasteiger partial charge in [0.1, 0.15) is 0 Å². The highest BCUT2D eigenvalue weighted by molar-refractivity contribution is 7.71. The lowest BCUT2D eigenvalue weighted by molar-refractivity contribution is 0.242. The van der Waals surface area contributed by atoms with Crippen LogP contribution in [0.1, 0.15) is 38.6 Å². The smallest absolute Gasteiger partial charge is 0.198 e. The topological polar surface area (TPSA) is 46.8 Å². The van der Waals surface area contributed by atoms with Crippen LogP contribution in [0.2, 0.25) is 0 Å². The minimum absolute atomic E-state index is 0.386. The van der Waals surface area contributed by atoms with E-state index in [0.717, 1.165) is 29.3 Å². The van der Waals surface area contributed by atoms with Gasteiger partial charge in [0, 0.05) is 6.04 Å². The minimum Gasteiger partial charge on any atom is -0.461 e. The van der Waals surface area contributed by atoms with Gasteiger partial charge in [0.15, 0.2) is 16.4 Å². The number of nitrogens with one attached hydrogen (secondary N) is 1. The molecule has 0 aliphatic heterocycles. The Kier molecular flexibility index (Phi) is 2.84. The predicted octanol–water partition coefficient (Wildman–Crippen LogP) is 4.20. The van der Waals surface area contributed by atoms with Crippen molar-refractivity contribution in [3.05, 3.63) is 23.2 Å². The molecule has 0 radical (unpaired) electrons. The van der Waals surface area contributed by atoms with Gasteiger partial charge in [-0.3, -0.25) is 9.67 Å². The molecule has 2 aromatic rings. The summed E-state index contributed by atoms with van der Waals surface area (Å²) in [6, 6.07) is 4.21. The second-order valence-electron chi connectivity index (χ2n) is 6.28. The molecule has 4 atom stereocenters. The number of furan rings is 1. The van der Waals surface area contributed by atoms with Gasteiger partial charge < -0.3 is 4.42 Å². The molecule has 2 aliphatic carbocycles. The Labute approximate surface area is 123 Å². The summed E-state index contributed by atoms with van der Waals surface area (Å²) in [5, 5.41) is 7.29. The lowest BCUT2D eigenvalue weighted by Crippen LogP contribution is -2.22. The van der Waals surface area contributed by atoms with Crippen LogP contribution in [0, 0.1) is 22.5 Å². The molecule has 2 saturated carbocycles. The van der Waals surface area contributed by atoms with Gasteiger partial charge in [-0.15, -0.1) is 0 Å². The summed E-state index contributed by atoms with van der Waals surface area (Å²) in [6.45, 7) is 2.28. The number of fused-ring (bicyclic) bond motifs is 2. The number of hydrogen-bond donors (Lipinski definition) is 1. The summed E-state index contributed by atoms with van der Waals surface area (Å²) in [5.74, 6) is 4.16. The maximum atomic E-state index is 5.50. The van der Waals surface area contributed by atoms with Crippen molar-refractivity contribution in [3.8, 4) is 11.6 Å². The second kappa shape index (κ2) is 4.58. The zero-order chi connectivity index (χ0) is 13.7. The van der Waals surface area contributed by atoms with Gasteiger partial charge in [-0.25, -0.2) is 0 Å². The molecule has 4 nitrogen and oxygen atoms in total. The summed E-state index contributed by atoms with van der Waals surface area (Å²) in [6.07, 6.45) is 7.25. The quantitative estimate of drug-likeness (QED) is 0.861. The highest BCUT2D eigenvalue weighted by atomic mass is 32.1. The van der Waals surface area contributed by atoms with Crippen LogP contribution in [0.3, 0.4) is 0 Å². The van der Waals surface area contributed by atoms with Gasteiger partial charge >= 0.3 is 0 Å². The van der Waals surface area contributed by atoms with Gasteiger partial charge in [-0.2, -0.15) is 5.10 Å². The fourth-order valence-corrected chi connectivity index (χ4v) is 4.64. The summed E-state index contributed by atoms with van der Waals surface area (Å²) < 4.78 is 8.35. The third kappa shape index (κ3) is 1.79. The number of aromatic amines is 1. The number of nitrogens with zero attached hydrogens (tertiary/aromatic N) is 2. The molecule has 0 unspecified atom stereocenters. The summed E-state index contributed by atoms with van der Waals surface area (Å²) >= 11 is 5.45. The molecule has 106 valence electrons. The van der Waals surface area contributed by atoms with Crippen LogP contribution in [0.25, 0.3) is 11.6 Å². The van der Waals surface area contributed by atoms with E-state index in [4.69, 9.17) is 16.6 Å². The van der Waals surface area contributed by atoms with E-state index < -0.39 is 0 Å². The van der Waals surface area contributed by atoms with Crippen molar-refractivity contribution < 1.29 is 4.42 Å². The molecule has 4 rings (SSSR count). The van der Waals surface area contributed by atoms with Gasteiger partial charge in [0.2, 0.25) is 0 Å². The fourth-order valence-electron chi connectivity index (χ4n) is 4.34. The van der Waals surface area contributed by atoms with E-state index in [1.807, 2.05) is 12.1 Å². The third-order valence-electron chi connectivity index (χ3n) is 5.27. The zero-order valence-electron chi connectivity index (χ0n) is 11.6. The molecule has 2 bridgehead atoms. The summed E-state index contributed by atoms with van der Waals surface area (Å²) in [5.41, 5.74) is 0. The Hall–Kier alpha value is -1.36. The van der Waals surface area contributed by atoms with Crippen LogP contribution in [-0.2, 0) is 0 Å². The van der Waals surface area contributed by atoms with Crippen LogP contribution in [0.15, 0.2) is 22.8 Å². The second-order valence-corrected chi connectivity index (χ2v) is 6.67. The number of aromatic nitrogens is 3. The SMILES string of the molecule is C[C@H]([C@H]1C[C@H]2CC[C@H]1C2)n1c(-c2ccco2)n[nH]c1=S.